The fourth-order valence-electron chi connectivity index (χ4n) is 2.79. The normalized spacial score (nSPS) is 10.6. The predicted molar refractivity (Wildman–Crippen MR) is 102 cm³/mol. The minimum atomic E-state index is -0.142. The molecular weight excluding hydrogens is 308 g/mol. The van der Waals surface area contributed by atoms with Crippen molar-refractivity contribution in [2.24, 2.45) is 0 Å². The molecule has 4 rings (SSSR count). The summed E-state index contributed by atoms with van der Waals surface area (Å²) >= 11 is 0. The summed E-state index contributed by atoms with van der Waals surface area (Å²) in [6.07, 6.45) is 1.68. The van der Waals surface area contributed by atoms with Crippen molar-refractivity contribution in [3.63, 3.8) is 0 Å². The standard InChI is InChI=1S/C22H16N2O/c25-22(24-20-14-19-8-4-5-9-21(19)23-15-20)18-12-10-17(11-13-18)16-6-2-1-3-7-16/h1-15H,(H,24,25). The molecular formula is C22H16N2O. The van der Waals surface area contributed by atoms with E-state index in [9.17, 15) is 4.79 Å². The second-order valence-electron chi connectivity index (χ2n) is 5.81. The zero-order chi connectivity index (χ0) is 17.1. The third kappa shape index (κ3) is 3.26. The monoisotopic (exact) mass is 324 g/mol. The lowest BCUT2D eigenvalue weighted by Crippen LogP contribution is -2.11. The molecule has 0 aliphatic rings. The van der Waals surface area contributed by atoms with Crippen LogP contribution in [0.1, 0.15) is 10.4 Å². The lowest BCUT2D eigenvalue weighted by Gasteiger charge is -2.07. The molecule has 0 spiro atoms. The van der Waals surface area contributed by atoms with E-state index in [1.165, 1.54) is 0 Å². The highest BCUT2D eigenvalue weighted by Gasteiger charge is 2.07. The summed E-state index contributed by atoms with van der Waals surface area (Å²) in [5.41, 5.74) is 4.44. The lowest BCUT2D eigenvalue weighted by atomic mass is 10.0. The van der Waals surface area contributed by atoms with E-state index in [1.807, 2.05) is 72.8 Å². The fraction of sp³-hybridized carbons (Fsp3) is 0. The first-order valence-corrected chi connectivity index (χ1v) is 8.11. The highest BCUT2D eigenvalue weighted by atomic mass is 16.1. The number of carbonyl (C=O) groups is 1. The smallest absolute Gasteiger partial charge is 0.255 e. The molecule has 1 aromatic heterocycles. The van der Waals surface area contributed by atoms with Crippen LogP contribution in [0, 0.1) is 0 Å². The van der Waals surface area contributed by atoms with Gasteiger partial charge in [0.25, 0.3) is 5.91 Å². The maximum absolute atomic E-state index is 12.5. The Morgan fingerprint density at radius 1 is 0.760 bits per heavy atom. The Bertz CT molecular complexity index is 1020. The van der Waals surface area contributed by atoms with Crippen molar-refractivity contribution in [3.05, 3.63) is 96.7 Å². The summed E-state index contributed by atoms with van der Waals surface area (Å²) in [6, 6.07) is 27.5. The van der Waals surface area contributed by atoms with E-state index in [4.69, 9.17) is 0 Å². The van der Waals surface area contributed by atoms with Crippen LogP contribution in [0.25, 0.3) is 22.0 Å². The second kappa shape index (κ2) is 6.57. The number of benzene rings is 3. The first-order valence-electron chi connectivity index (χ1n) is 8.11. The van der Waals surface area contributed by atoms with Crippen molar-refractivity contribution in [2.45, 2.75) is 0 Å². The molecule has 25 heavy (non-hydrogen) atoms. The van der Waals surface area contributed by atoms with Crippen LogP contribution in [0.3, 0.4) is 0 Å². The van der Waals surface area contributed by atoms with Crippen LogP contribution in [-0.2, 0) is 0 Å². The summed E-state index contributed by atoms with van der Waals surface area (Å²) in [5, 5.41) is 3.91. The van der Waals surface area contributed by atoms with Crippen molar-refractivity contribution in [2.75, 3.05) is 5.32 Å². The molecule has 0 aliphatic carbocycles. The number of nitrogens with zero attached hydrogens (tertiary/aromatic N) is 1. The predicted octanol–water partition coefficient (Wildman–Crippen LogP) is 5.15. The van der Waals surface area contributed by atoms with Gasteiger partial charge in [0.2, 0.25) is 0 Å². The van der Waals surface area contributed by atoms with Crippen molar-refractivity contribution >= 4 is 22.5 Å². The van der Waals surface area contributed by atoms with Crippen LogP contribution < -0.4 is 5.32 Å². The average molecular weight is 324 g/mol. The molecule has 3 aromatic carbocycles. The molecule has 1 amide bonds. The number of fused-ring (bicyclic) bond motifs is 1. The SMILES string of the molecule is O=C(Nc1cnc2ccccc2c1)c1ccc(-c2ccccc2)cc1. The second-order valence-corrected chi connectivity index (χ2v) is 5.81. The third-order valence-electron chi connectivity index (χ3n) is 4.10. The van der Waals surface area contributed by atoms with Gasteiger partial charge in [0.05, 0.1) is 17.4 Å². The number of aromatic nitrogens is 1. The molecule has 0 bridgehead atoms. The number of pyridine rings is 1. The Balaban J connectivity index is 1.54. The topological polar surface area (TPSA) is 42.0 Å². The van der Waals surface area contributed by atoms with Crippen LogP contribution in [0.15, 0.2) is 91.1 Å². The van der Waals surface area contributed by atoms with Gasteiger partial charge in [-0.25, -0.2) is 0 Å². The number of anilines is 1. The van der Waals surface area contributed by atoms with E-state index in [0.717, 1.165) is 22.0 Å². The van der Waals surface area contributed by atoms with Gasteiger partial charge in [-0.2, -0.15) is 0 Å². The van der Waals surface area contributed by atoms with Crippen molar-refractivity contribution in [3.8, 4) is 11.1 Å². The van der Waals surface area contributed by atoms with E-state index >= 15 is 0 Å². The summed E-state index contributed by atoms with van der Waals surface area (Å²) in [7, 11) is 0. The number of para-hydroxylation sites is 1. The highest BCUT2D eigenvalue weighted by molar-refractivity contribution is 6.05. The Labute approximate surface area is 146 Å². The molecule has 1 heterocycles. The molecule has 0 unspecified atom stereocenters. The highest BCUT2D eigenvalue weighted by Crippen LogP contribution is 2.20. The Hall–Kier alpha value is -3.46. The molecule has 1 N–H and O–H groups in total. The molecule has 3 heteroatoms. The number of hydrogen-bond acceptors (Lipinski definition) is 2. The van der Waals surface area contributed by atoms with Crippen LogP contribution in [0.2, 0.25) is 0 Å². The maximum Gasteiger partial charge on any atom is 0.255 e. The largest absolute Gasteiger partial charge is 0.321 e. The lowest BCUT2D eigenvalue weighted by molar-refractivity contribution is 0.102. The van der Waals surface area contributed by atoms with Gasteiger partial charge < -0.3 is 5.32 Å². The van der Waals surface area contributed by atoms with E-state index in [0.29, 0.717) is 11.3 Å². The summed E-state index contributed by atoms with van der Waals surface area (Å²) < 4.78 is 0. The molecule has 0 saturated heterocycles. The Morgan fingerprint density at radius 3 is 2.24 bits per heavy atom. The minimum Gasteiger partial charge on any atom is -0.321 e. The van der Waals surface area contributed by atoms with Gasteiger partial charge >= 0.3 is 0 Å². The Kier molecular flexibility index (Phi) is 3.97. The van der Waals surface area contributed by atoms with Crippen molar-refractivity contribution in [1.82, 2.24) is 4.98 Å². The zero-order valence-electron chi connectivity index (χ0n) is 13.5. The number of rotatable bonds is 3. The van der Waals surface area contributed by atoms with Gasteiger partial charge in [-0.05, 0) is 35.4 Å². The molecule has 0 saturated carbocycles. The van der Waals surface area contributed by atoms with Gasteiger partial charge in [0.15, 0.2) is 0 Å². The van der Waals surface area contributed by atoms with E-state index in [2.05, 4.69) is 22.4 Å². The van der Waals surface area contributed by atoms with Crippen LogP contribution in [0.5, 0.6) is 0 Å². The molecule has 0 fully saturated rings. The summed E-state index contributed by atoms with van der Waals surface area (Å²) in [4.78, 5) is 16.8. The van der Waals surface area contributed by atoms with E-state index < -0.39 is 0 Å². The first kappa shape index (κ1) is 15.1. The van der Waals surface area contributed by atoms with Crippen LogP contribution in [0.4, 0.5) is 5.69 Å². The van der Waals surface area contributed by atoms with Crippen molar-refractivity contribution in [1.29, 1.82) is 0 Å². The van der Waals surface area contributed by atoms with Crippen LogP contribution >= 0.6 is 0 Å². The molecule has 0 radical (unpaired) electrons. The van der Waals surface area contributed by atoms with Gasteiger partial charge in [-0.3, -0.25) is 9.78 Å². The summed E-state index contributed by atoms with van der Waals surface area (Å²) in [6.45, 7) is 0. The van der Waals surface area contributed by atoms with E-state index in [-0.39, 0.29) is 5.91 Å². The quantitative estimate of drug-likeness (QED) is 0.566. The van der Waals surface area contributed by atoms with Crippen LogP contribution in [-0.4, -0.2) is 10.9 Å². The summed E-state index contributed by atoms with van der Waals surface area (Å²) in [5.74, 6) is -0.142. The number of nitrogens with one attached hydrogen (secondary N) is 1. The van der Waals surface area contributed by atoms with Gasteiger partial charge in [0, 0.05) is 10.9 Å². The zero-order valence-corrected chi connectivity index (χ0v) is 13.5. The first-order chi connectivity index (χ1) is 12.3. The molecule has 4 aromatic rings. The Morgan fingerprint density at radius 2 is 1.44 bits per heavy atom. The average Bonchev–Trinajstić information content (AvgIpc) is 2.69. The van der Waals surface area contributed by atoms with Gasteiger partial charge in [-0.1, -0.05) is 60.7 Å². The minimum absolute atomic E-state index is 0.142. The molecule has 3 nitrogen and oxygen atoms in total. The third-order valence-corrected chi connectivity index (χ3v) is 4.10. The van der Waals surface area contributed by atoms with E-state index in [1.54, 1.807) is 6.20 Å². The van der Waals surface area contributed by atoms with Gasteiger partial charge in [0.1, 0.15) is 0 Å². The van der Waals surface area contributed by atoms with Gasteiger partial charge in [-0.15, -0.1) is 0 Å². The molecule has 0 atom stereocenters. The molecule has 0 aliphatic heterocycles. The number of hydrogen-bond donors (Lipinski definition) is 1. The molecule has 120 valence electrons. The fourth-order valence-corrected chi connectivity index (χ4v) is 2.79. The van der Waals surface area contributed by atoms with Crippen molar-refractivity contribution < 1.29 is 4.79 Å². The number of carbonyl (C=O) groups excluding carboxylic acids is 1. The number of amides is 1. The maximum atomic E-state index is 12.5.